The number of carbonyl (C=O) groups is 1. The van der Waals surface area contributed by atoms with Crippen molar-refractivity contribution >= 4 is 5.97 Å². The molecule has 1 aromatic carbocycles. The molecule has 0 radical (unpaired) electrons. The molecule has 0 saturated heterocycles. The van der Waals surface area contributed by atoms with Crippen LogP contribution in [0.2, 0.25) is 0 Å². The number of ether oxygens (including phenoxy) is 2. The average molecular weight is 328 g/mol. The summed E-state index contributed by atoms with van der Waals surface area (Å²) in [6, 6.07) is 8.76. The minimum atomic E-state index is -0.675. The fourth-order valence-corrected chi connectivity index (χ4v) is 2.12. The molecule has 0 spiro atoms. The molecule has 7 heteroatoms. The number of rotatable bonds is 5. The third kappa shape index (κ3) is 3.15. The van der Waals surface area contributed by atoms with Crippen molar-refractivity contribution in [1.82, 2.24) is 10.2 Å². The molecule has 0 fully saturated rings. The van der Waals surface area contributed by atoms with Crippen molar-refractivity contribution in [3.05, 3.63) is 53.8 Å². The minimum absolute atomic E-state index is 0.218. The maximum atomic E-state index is 12.1. The smallest absolute Gasteiger partial charge is 0.342 e. The van der Waals surface area contributed by atoms with E-state index < -0.39 is 12.1 Å². The Labute approximate surface area is 138 Å². The van der Waals surface area contributed by atoms with Crippen molar-refractivity contribution in [2.75, 3.05) is 7.11 Å². The molecule has 0 amide bonds. The second kappa shape index (κ2) is 6.57. The van der Waals surface area contributed by atoms with E-state index in [-0.39, 0.29) is 5.89 Å². The molecular formula is C17H16N2O5. The van der Waals surface area contributed by atoms with Crippen LogP contribution >= 0.6 is 0 Å². The zero-order chi connectivity index (χ0) is 17.1. The predicted molar refractivity (Wildman–Crippen MR) is 83.6 cm³/mol. The number of methoxy groups -OCH3 is 1. The number of furan rings is 1. The number of nitrogens with zero attached hydrogens (tertiary/aromatic N) is 2. The first-order valence-electron chi connectivity index (χ1n) is 7.31. The summed E-state index contributed by atoms with van der Waals surface area (Å²) in [6.07, 6.45) is 0.761. The van der Waals surface area contributed by atoms with Gasteiger partial charge in [-0.3, -0.25) is 0 Å². The molecule has 0 unspecified atom stereocenters. The van der Waals surface area contributed by atoms with Crippen LogP contribution in [0.4, 0.5) is 0 Å². The molecule has 0 aliphatic heterocycles. The summed E-state index contributed by atoms with van der Waals surface area (Å²) in [6.45, 7) is 3.36. The summed E-state index contributed by atoms with van der Waals surface area (Å²) < 4.78 is 21.1. The molecule has 3 aromatic rings. The monoisotopic (exact) mass is 328 g/mol. The van der Waals surface area contributed by atoms with Gasteiger partial charge >= 0.3 is 5.97 Å². The van der Waals surface area contributed by atoms with E-state index in [1.807, 2.05) is 12.1 Å². The largest absolute Gasteiger partial charge is 0.497 e. The van der Waals surface area contributed by atoms with Gasteiger partial charge in [0.25, 0.3) is 5.89 Å². The van der Waals surface area contributed by atoms with Gasteiger partial charge in [-0.2, -0.15) is 0 Å². The standard InChI is InChI=1S/C17H16N2O5/c1-10-14(8-9-22-10)17(20)23-11(2)15-18-19-16(24-15)12-4-6-13(21-3)7-5-12/h4-9,11H,1-3H3/t11-/m0/s1. The predicted octanol–water partition coefficient (Wildman–Crippen LogP) is 3.56. The van der Waals surface area contributed by atoms with E-state index in [1.165, 1.54) is 6.26 Å². The zero-order valence-corrected chi connectivity index (χ0v) is 13.5. The lowest BCUT2D eigenvalue weighted by Crippen LogP contribution is -2.09. The number of hydrogen-bond donors (Lipinski definition) is 0. The highest BCUT2D eigenvalue weighted by atomic mass is 16.6. The van der Waals surface area contributed by atoms with Gasteiger partial charge in [0.2, 0.25) is 5.89 Å². The molecule has 1 atom stereocenters. The highest BCUT2D eigenvalue weighted by molar-refractivity contribution is 5.90. The van der Waals surface area contributed by atoms with Crippen LogP contribution in [0.15, 0.2) is 45.4 Å². The third-order valence-electron chi connectivity index (χ3n) is 3.49. The van der Waals surface area contributed by atoms with Gasteiger partial charge in [0.05, 0.1) is 13.4 Å². The Kier molecular flexibility index (Phi) is 4.33. The Hall–Kier alpha value is -3.09. The van der Waals surface area contributed by atoms with Crippen LogP contribution in [0.25, 0.3) is 11.5 Å². The Morgan fingerprint density at radius 2 is 1.92 bits per heavy atom. The van der Waals surface area contributed by atoms with Crippen LogP contribution in [0.5, 0.6) is 5.75 Å². The fourth-order valence-electron chi connectivity index (χ4n) is 2.12. The second-order valence-corrected chi connectivity index (χ2v) is 5.11. The second-order valence-electron chi connectivity index (χ2n) is 5.11. The van der Waals surface area contributed by atoms with E-state index >= 15 is 0 Å². The van der Waals surface area contributed by atoms with Crippen molar-refractivity contribution in [1.29, 1.82) is 0 Å². The number of benzene rings is 1. The van der Waals surface area contributed by atoms with Crippen molar-refractivity contribution in [2.45, 2.75) is 20.0 Å². The molecular weight excluding hydrogens is 312 g/mol. The van der Waals surface area contributed by atoms with Gasteiger partial charge in [-0.1, -0.05) is 0 Å². The van der Waals surface area contributed by atoms with E-state index in [0.29, 0.717) is 17.2 Å². The lowest BCUT2D eigenvalue weighted by Gasteiger charge is -2.08. The average Bonchev–Trinajstić information content (AvgIpc) is 3.24. The summed E-state index contributed by atoms with van der Waals surface area (Å²) in [4.78, 5) is 12.1. The van der Waals surface area contributed by atoms with Gasteiger partial charge in [0.15, 0.2) is 6.10 Å². The SMILES string of the molecule is COc1ccc(-c2nnc([C@H](C)OC(=O)c3ccoc3C)o2)cc1. The maximum Gasteiger partial charge on any atom is 0.342 e. The van der Waals surface area contributed by atoms with E-state index in [4.69, 9.17) is 18.3 Å². The molecule has 0 bridgehead atoms. The molecule has 0 N–H and O–H groups in total. The Balaban J connectivity index is 1.72. The van der Waals surface area contributed by atoms with Crippen LogP contribution in [0.1, 0.15) is 35.0 Å². The first-order chi connectivity index (χ1) is 11.6. The number of aromatic nitrogens is 2. The van der Waals surface area contributed by atoms with Gasteiger partial charge in [0.1, 0.15) is 17.1 Å². The summed E-state index contributed by atoms with van der Waals surface area (Å²) in [5.41, 5.74) is 1.12. The van der Waals surface area contributed by atoms with Crippen LogP contribution < -0.4 is 4.74 Å². The first kappa shape index (κ1) is 15.8. The van der Waals surface area contributed by atoms with Crippen LogP contribution in [0, 0.1) is 6.92 Å². The normalized spacial score (nSPS) is 12.0. The molecule has 0 aliphatic carbocycles. The Morgan fingerprint density at radius 3 is 2.54 bits per heavy atom. The van der Waals surface area contributed by atoms with Crippen LogP contribution in [-0.4, -0.2) is 23.3 Å². The highest BCUT2D eigenvalue weighted by Crippen LogP contribution is 2.25. The third-order valence-corrected chi connectivity index (χ3v) is 3.49. The summed E-state index contributed by atoms with van der Waals surface area (Å²) in [5, 5.41) is 7.93. The summed E-state index contributed by atoms with van der Waals surface area (Å²) in [5.74, 6) is 1.29. The zero-order valence-electron chi connectivity index (χ0n) is 13.5. The van der Waals surface area contributed by atoms with Crippen LogP contribution in [0.3, 0.4) is 0 Å². The number of esters is 1. The van der Waals surface area contributed by atoms with Gasteiger partial charge < -0.3 is 18.3 Å². The van der Waals surface area contributed by atoms with Gasteiger partial charge in [-0.15, -0.1) is 10.2 Å². The van der Waals surface area contributed by atoms with Gasteiger partial charge in [-0.25, -0.2) is 4.79 Å². The van der Waals surface area contributed by atoms with E-state index in [9.17, 15) is 4.79 Å². The van der Waals surface area contributed by atoms with Gasteiger partial charge in [-0.05, 0) is 44.2 Å². The molecule has 2 aromatic heterocycles. The molecule has 7 nitrogen and oxygen atoms in total. The molecule has 0 aliphatic rings. The molecule has 24 heavy (non-hydrogen) atoms. The van der Waals surface area contributed by atoms with Crippen molar-refractivity contribution in [2.24, 2.45) is 0 Å². The van der Waals surface area contributed by atoms with Crippen molar-refractivity contribution in [3.8, 4) is 17.2 Å². The van der Waals surface area contributed by atoms with Gasteiger partial charge in [0, 0.05) is 5.56 Å². The van der Waals surface area contributed by atoms with Crippen molar-refractivity contribution < 1.29 is 23.1 Å². The number of aryl methyl sites for hydroxylation is 1. The topological polar surface area (TPSA) is 87.6 Å². The van der Waals surface area contributed by atoms with E-state index in [1.54, 1.807) is 39.2 Å². The quantitative estimate of drug-likeness (QED) is 0.662. The van der Waals surface area contributed by atoms with E-state index in [0.717, 1.165) is 11.3 Å². The first-order valence-corrected chi connectivity index (χ1v) is 7.31. The highest BCUT2D eigenvalue weighted by Gasteiger charge is 2.21. The van der Waals surface area contributed by atoms with Crippen molar-refractivity contribution in [3.63, 3.8) is 0 Å². The van der Waals surface area contributed by atoms with Crippen LogP contribution in [-0.2, 0) is 4.74 Å². The Bertz CT molecular complexity index is 835. The van der Waals surface area contributed by atoms with E-state index in [2.05, 4.69) is 10.2 Å². The summed E-state index contributed by atoms with van der Waals surface area (Å²) >= 11 is 0. The maximum absolute atomic E-state index is 12.1. The molecule has 124 valence electrons. The molecule has 0 saturated carbocycles. The fraction of sp³-hybridized carbons (Fsp3) is 0.235. The lowest BCUT2D eigenvalue weighted by atomic mass is 10.2. The molecule has 2 heterocycles. The molecule has 3 rings (SSSR count). The number of carbonyl (C=O) groups excluding carboxylic acids is 1. The lowest BCUT2D eigenvalue weighted by molar-refractivity contribution is 0.0278. The summed E-state index contributed by atoms with van der Waals surface area (Å²) in [7, 11) is 1.59. The Morgan fingerprint density at radius 1 is 1.17 bits per heavy atom. The number of hydrogen-bond acceptors (Lipinski definition) is 7. The minimum Gasteiger partial charge on any atom is -0.497 e.